The van der Waals surface area contributed by atoms with Crippen molar-refractivity contribution in [2.24, 2.45) is 11.8 Å². The molecule has 1 heterocycles. The fourth-order valence-corrected chi connectivity index (χ4v) is 3.87. The molecule has 1 aromatic rings. The Hall–Kier alpha value is -0.860. The smallest absolute Gasteiger partial charge is 0.0839 e. The van der Waals surface area contributed by atoms with Gasteiger partial charge in [0.2, 0.25) is 0 Å². The van der Waals surface area contributed by atoms with Gasteiger partial charge >= 0.3 is 0 Å². The molecule has 0 unspecified atom stereocenters. The van der Waals surface area contributed by atoms with Gasteiger partial charge < -0.3 is 0 Å². The summed E-state index contributed by atoms with van der Waals surface area (Å²) in [5, 5.41) is 2.23. The van der Waals surface area contributed by atoms with Gasteiger partial charge in [0.05, 0.1) is 17.2 Å². The van der Waals surface area contributed by atoms with E-state index in [-0.39, 0.29) is 17.2 Å². The van der Waals surface area contributed by atoms with Crippen LogP contribution in [0.15, 0.2) is 24.3 Å². The summed E-state index contributed by atoms with van der Waals surface area (Å²) in [5.41, 5.74) is 2.53. The van der Waals surface area contributed by atoms with E-state index in [1.165, 1.54) is 11.1 Å². The molecule has 0 saturated carbocycles. The maximum absolute atomic E-state index is 6.58. The van der Waals surface area contributed by atoms with E-state index in [4.69, 9.17) is 4.84 Å². The SMILES string of the molecule is CC(C)C(ON1C(C)(C)c2ccccc2C1(C)C)C(C)C. The second kappa shape index (κ2) is 5.40. The number of fused-ring (bicyclic) bond motifs is 1. The molecule has 0 aromatic heterocycles. The molecule has 0 aliphatic carbocycles. The van der Waals surface area contributed by atoms with Crippen molar-refractivity contribution in [3.63, 3.8) is 0 Å². The van der Waals surface area contributed by atoms with E-state index in [9.17, 15) is 0 Å². The first-order valence-corrected chi connectivity index (χ1v) is 8.17. The summed E-state index contributed by atoms with van der Waals surface area (Å²) < 4.78 is 0. The molecule has 2 rings (SSSR count). The van der Waals surface area contributed by atoms with Crippen LogP contribution >= 0.6 is 0 Å². The highest BCUT2D eigenvalue weighted by atomic mass is 16.7. The fourth-order valence-electron chi connectivity index (χ4n) is 3.87. The lowest BCUT2D eigenvalue weighted by molar-refractivity contribution is -0.302. The van der Waals surface area contributed by atoms with Crippen LogP contribution < -0.4 is 0 Å². The minimum absolute atomic E-state index is 0.109. The molecule has 2 heteroatoms. The van der Waals surface area contributed by atoms with Crippen molar-refractivity contribution in [3.05, 3.63) is 35.4 Å². The average molecular weight is 289 g/mol. The lowest BCUT2D eigenvalue weighted by atomic mass is 9.91. The third-order valence-electron chi connectivity index (χ3n) is 4.80. The van der Waals surface area contributed by atoms with E-state index in [1.807, 2.05) is 0 Å². The Kier molecular flexibility index (Phi) is 4.25. The van der Waals surface area contributed by atoms with E-state index in [0.717, 1.165) is 0 Å². The summed E-state index contributed by atoms with van der Waals surface area (Å²) in [6.07, 6.45) is 0.234. The zero-order valence-corrected chi connectivity index (χ0v) is 14.9. The second-order valence-corrected chi connectivity index (χ2v) is 8.02. The Balaban J connectivity index is 2.41. The minimum Gasteiger partial charge on any atom is -0.293 e. The molecule has 0 N–H and O–H groups in total. The van der Waals surface area contributed by atoms with Crippen LogP contribution in [0.5, 0.6) is 0 Å². The van der Waals surface area contributed by atoms with Crippen LogP contribution in [0, 0.1) is 11.8 Å². The summed E-state index contributed by atoms with van der Waals surface area (Å²) in [6, 6.07) is 8.73. The standard InChI is InChI=1S/C19H31NO/c1-13(2)17(14(3)4)21-20-18(5,6)15-11-9-10-12-16(15)19(20,7)8/h9-14,17H,1-8H3. The van der Waals surface area contributed by atoms with Crippen molar-refractivity contribution in [2.45, 2.75) is 72.6 Å². The van der Waals surface area contributed by atoms with Crippen LogP contribution in [0.3, 0.4) is 0 Å². The highest BCUT2D eigenvalue weighted by Crippen LogP contribution is 2.50. The van der Waals surface area contributed by atoms with Crippen LogP contribution in [0.2, 0.25) is 0 Å². The van der Waals surface area contributed by atoms with Crippen molar-refractivity contribution in [3.8, 4) is 0 Å². The number of hydrogen-bond donors (Lipinski definition) is 0. The van der Waals surface area contributed by atoms with Gasteiger partial charge in [-0.2, -0.15) is 5.06 Å². The van der Waals surface area contributed by atoms with Gasteiger partial charge in [-0.3, -0.25) is 4.84 Å². The summed E-state index contributed by atoms with van der Waals surface area (Å²) in [7, 11) is 0. The molecule has 118 valence electrons. The van der Waals surface area contributed by atoms with Crippen molar-refractivity contribution in [1.82, 2.24) is 5.06 Å². The molecular formula is C19H31NO. The minimum atomic E-state index is -0.109. The van der Waals surface area contributed by atoms with Gasteiger partial charge in [0.25, 0.3) is 0 Å². The van der Waals surface area contributed by atoms with Crippen LogP contribution in [0.25, 0.3) is 0 Å². The van der Waals surface area contributed by atoms with Crippen LogP contribution in [-0.4, -0.2) is 11.2 Å². The quantitative estimate of drug-likeness (QED) is 0.766. The van der Waals surface area contributed by atoms with Gasteiger partial charge in [0.15, 0.2) is 0 Å². The van der Waals surface area contributed by atoms with Crippen molar-refractivity contribution in [2.75, 3.05) is 0 Å². The predicted molar refractivity (Wildman–Crippen MR) is 88.9 cm³/mol. The maximum Gasteiger partial charge on any atom is 0.0839 e. The molecular weight excluding hydrogens is 258 g/mol. The third kappa shape index (κ3) is 2.64. The first-order chi connectivity index (χ1) is 9.60. The zero-order valence-electron chi connectivity index (χ0n) is 14.9. The Morgan fingerprint density at radius 1 is 0.810 bits per heavy atom. The molecule has 0 spiro atoms. The Labute approximate surface area is 130 Å². The molecule has 2 nitrogen and oxygen atoms in total. The second-order valence-electron chi connectivity index (χ2n) is 8.02. The topological polar surface area (TPSA) is 12.5 Å². The Bertz CT molecular complexity index is 459. The first kappa shape index (κ1) is 16.5. The third-order valence-corrected chi connectivity index (χ3v) is 4.80. The number of nitrogens with zero attached hydrogens (tertiary/aromatic N) is 1. The largest absolute Gasteiger partial charge is 0.293 e. The Morgan fingerprint density at radius 3 is 1.52 bits per heavy atom. The highest BCUT2D eigenvalue weighted by Gasteiger charge is 2.51. The molecule has 0 amide bonds. The average Bonchev–Trinajstić information content (AvgIpc) is 2.51. The van der Waals surface area contributed by atoms with E-state index in [0.29, 0.717) is 11.8 Å². The van der Waals surface area contributed by atoms with Gasteiger partial charge in [0, 0.05) is 0 Å². The maximum atomic E-state index is 6.58. The number of hydroxylamine groups is 2. The Morgan fingerprint density at radius 2 is 1.19 bits per heavy atom. The first-order valence-electron chi connectivity index (χ1n) is 8.17. The molecule has 21 heavy (non-hydrogen) atoms. The van der Waals surface area contributed by atoms with E-state index in [2.05, 4.69) is 84.7 Å². The van der Waals surface area contributed by atoms with Crippen LogP contribution in [0.4, 0.5) is 0 Å². The van der Waals surface area contributed by atoms with E-state index in [1.54, 1.807) is 0 Å². The lowest BCUT2D eigenvalue weighted by Gasteiger charge is -2.43. The predicted octanol–water partition coefficient (Wildman–Crippen LogP) is 5.08. The highest BCUT2D eigenvalue weighted by molar-refractivity contribution is 5.42. The van der Waals surface area contributed by atoms with Crippen LogP contribution in [-0.2, 0) is 15.9 Å². The van der Waals surface area contributed by atoms with Gasteiger partial charge in [0.1, 0.15) is 0 Å². The van der Waals surface area contributed by atoms with E-state index < -0.39 is 0 Å². The van der Waals surface area contributed by atoms with Crippen molar-refractivity contribution in [1.29, 1.82) is 0 Å². The number of benzene rings is 1. The molecule has 0 radical (unpaired) electrons. The van der Waals surface area contributed by atoms with E-state index >= 15 is 0 Å². The molecule has 0 fully saturated rings. The van der Waals surface area contributed by atoms with Crippen molar-refractivity contribution >= 4 is 0 Å². The summed E-state index contributed by atoms with van der Waals surface area (Å²) in [6.45, 7) is 18.0. The van der Waals surface area contributed by atoms with Gasteiger partial charge in [-0.1, -0.05) is 52.0 Å². The zero-order chi connectivity index (χ0) is 16.0. The van der Waals surface area contributed by atoms with Gasteiger partial charge in [-0.25, -0.2) is 0 Å². The summed E-state index contributed by atoms with van der Waals surface area (Å²) in [4.78, 5) is 6.58. The normalized spacial score (nSPS) is 20.5. The molecule has 0 bridgehead atoms. The molecule has 1 aliphatic rings. The number of rotatable bonds is 4. The van der Waals surface area contributed by atoms with Gasteiger partial charge in [-0.15, -0.1) is 0 Å². The van der Waals surface area contributed by atoms with Gasteiger partial charge in [-0.05, 0) is 50.7 Å². The fraction of sp³-hybridized carbons (Fsp3) is 0.684. The molecule has 0 saturated heterocycles. The monoisotopic (exact) mass is 289 g/mol. The molecule has 1 aliphatic heterocycles. The number of hydrogen-bond acceptors (Lipinski definition) is 2. The molecule has 0 atom stereocenters. The van der Waals surface area contributed by atoms with Crippen LogP contribution in [0.1, 0.15) is 66.5 Å². The van der Waals surface area contributed by atoms with Crippen molar-refractivity contribution < 1.29 is 4.84 Å². The summed E-state index contributed by atoms with van der Waals surface area (Å²) in [5.74, 6) is 1.00. The summed E-state index contributed by atoms with van der Waals surface area (Å²) >= 11 is 0. The molecule has 1 aromatic carbocycles. The lowest BCUT2D eigenvalue weighted by Crippen LogP contribution is -2.49.